The fraction of sp³-hybridized carbons (Fsp3) is 0.385. The lowest BCUT2D eigenvalue weighted by Crippen LogP contribution is -2.08. The molecule has 100 valence electrons. The lowest BCUT2D eigenvalue weighted by atomic mass is 10.0. The van der Waals surface area contributed by atoms with Crippen LogP contribution in [0.15, 0.2) is 24.7 Å². The van der Waals surface area contributed by atoms with Gasteiger partial charge in [0, 0.05) is 24.5 Å². The summed E-state index contributed by atoms with van der Waals surface area (Å²) in [6.45, 7) is 5.98. The van der Waals surface area contributed by atoms with E-state index in [4.69, 9.17) is 4.74 Å². The minimum atomic E-state index is -0.117. The third-order valence-corrected chi connectivity index (χ3v) is 2.51. The molecule has 0 saturated heterocycles. The molecule has 0 aliphatic carbocycles. The summed E-state index contributed by atoms with van der Waals surface area (Å²) >= 11 is 0. The summed E-state index contributed by atoms with van der Waals surface area (Å²) in [6, 6.07) is 1.72. The van der Waals surface area contributed by atoms with E-state index in [2.05, 4.69) is 15.1 Å². The molecule has 2 heterocycles. The minimum absolute atomic E-state index is 0.00867. The van der Waals surface area contributed by atoms with Crippen LogP contribution in [0.1, 0.15) is 31.1 Å². The molecule has 0 N–H and O–H groups in total. The van der Waals surface area contributed by atoms with Gasteiger partial charge in [-0.15, -0.1) is 5.10 Å². The summed E-state index contributed by atoms with van der Waals surface area (Å²) in [5, 5.41) is 4.22. The molecular formula is C13H16N4O2. The molecule has 0 atom stereocenters. The molecule has 0 saturated carbocycles. The molecule has 0 aliphatic heterocycles. The van der Waals surface area contributed by atoms with Crippen LogP contribution in [0.3, 0.4) is 0 Å². The number of carbonyl (C=O) groups is 1. The van der Waals surface area contributed by atoms with E-state index in [1.807, 2.05) is 20.8 Å². The summed E-state index contributed by atoms with van der Waals surface area (Å²) in [7, 11) is 0. The molecule has 0 fully saturated rings. The molecule has 0 aromatic carbocycles. The molecule has 0 bridgehead atoms. The Hall–Kier alpha value is -2.24. The van der Waals surface area contributed by atoms with Gasteiger partial charge in [0.2, 0.25) is 5.88 Å². The second-order valence-corrected chi connectivity index (χ2v) is 4.29. The van der Waals surface area contributed by atoms with Gasteiger partial charge in [-0.1, -0.05) is 13.8 Å². The molecule has 0 spiro atoms. The fourth-order valence-corrected chi connectivity index (χ4v) is 1.59. The Bertz CT molecular complexity index is 563. The van der Waals surface area contributed by atoms with Crippen molar-refractivity contribution in [2.45, 2.75) is 20.8 Å². The lowest BCUT2D eigenvalue weighted by molar-refractivity contribution is 0.0935. The number of Topliss-reactive ketones (excluding diaryl/α,β-unsaturated/α-hetero) is 1. The normalized spacial score (nSPS) is 10.7. The fourth-order valence-electron chi connectivity index (χ4n) is 1.59. The zero-order chi connectivity index (χ0) is 13.8. The van der Waals surface area contributed by atoms with Gasteiger partial charge in [0.25, 0.3) is 5.95 Å². The third-order valence-electron chi connectivity index (χ3n) is 2.51. The molecular weight excluding hydrogens is 244 g/mol. The van der Waals surface area contributed by atoms with Gasteiger partial charge in [-0.2, -0.15) is 0 Å². The first-order valence-corrected chi connectivity index (χ1v) is 6.17. The van der Waals surface area contributed by atoms with Crippen LogP contribution in [-0.4, -0.2) is 32.1 Å². The van der Waals surface area contributed by atoms with E-state index in [-0.39, 0.29) is 11.7 Å². The second-order valence-electron chi connectivity index (χ2n) is 4.29. The van der Waals surface area contributed by atoms with Gasteiger partial charge >= 0.3 is 0 Å². The highest BCUT2D eigenvalue weighted by molar-refractivity contribution is 5.99. The highest BCUT2D eigenvalue weighted by atomic mass is 16.5. The van der Waals surface area contributed by atoms with Crippen molar-refractivity contribution in [3.05, 3.63) is 30.2 Å². The molecule has 6 nitrogen and oxygen atoms in total. The van der Waals surface area contributed by atoms with Gasteiger partial charge in [0.1, 0.15) is 0 Å². The lowest BCUT2D eigenvalue weighted by Gasteiger charge is -2.03. The number of carbonyl (C=O) groups excluding carboxylic acids is 1. The van der Waals surface area contributed by atoms with E-state index in [0.29, 0.717) is 24.0 Å². The Kier molecular flexibility index (Phi) is 3.89. The van der Waals surface area contributed by atoms with E-state index in [9.17, 15) is 4.79 Å². The zero-order valence-corrected chi connectivity index (χ0v) is 11.2. The first-order valence-electron chi connectivity index (χ1n) is 6.17. The van der Waals surface area contributed by atoms with Crippen molar-refractivity contribution in [1.29, 1.82) is 0 Å². The molecule has 0 amide bonds. The van der Waals surface area contributed by atoms with Crippen molar-refractivity contribution in [3.8, 4) is 11.8 Å². The van der Waals surface area contributed by atoms with Gasteiger partial charge in [0.05, 0.1) is 12.2 Å². The number of nitrogens with zero attached hydrogens (tertiary/aromatic N) is 4. The highest BCUT2D eigenvalue weighted by Crippen LogP contribution is 2.21. The van der Waals surface area contributed by atoms with Crippen molar-refractivity contribution in [3.63, 3.8) is 0 Å². The first-order chi connectivity index (χ1) is 9.13. The van der Waals surface area contributed by atoms with Crippen molar-refractivity contribution < 1.29 is 9.53 Å². The van der Waals surface area contributed by atoms with Gasteiger partial charge in [-0.05, 0) is 13.0 Å². The maximum absolute atomic E-state index is 12.1. The largest absolute Gasteiger partial charge is 0.476 e. The monoisotopic (exact) mass is 260 g/mol. The SMILES string of the molecule is CCOc1nn(-c2ncccn2)cc1C(=O)C(C)C. The van der Waals surface area contributed by atoms with Crippen LogP contribution in [0.2, 0.25) is 0 Å². The Balaban J connectivity index is 2.43. The maximum atomic E-state index is 12.1. The number of rotatable bonds is 5. The molecule has 0 unspecified atom stereocenters. The average molecular weight is 260 g/mol. The molecule has 2 aromatic heterocycles. The van der Waals surface area contributed by atoms with Crippen molar-refractivity contribution in [2.75, 3.05) is 6.61 Å². The molecule has 0 radical (unpaired) electrons. The van der Waals surface area contributed by atoms with Gasteiger partial charge < -0.3 is 4.74 Å². The van der Waals surface area contributed by atoms with E-state index in [1.165, 1.54) is 4.68 Å². The summed E-state index contributed by atoms with van der Waals surface area (Å²) in [5.74, 6) is 0.610. The van der Waals surface area contributed by atoms with Crippen LogP contribution in [-0.2, 0) is 0 Å². The highest BCUT2D eigenvalue weighted by Gasteiger charge is 2.21. The van der Waals surface area contributed by atoms with Crippen LogP contribution >= 0.6 is 0 Å². The quantitative estimate of drug-likeness (QED) is 0.768. The number of aromatic nitrogens is 4. The van der Waals surface area contributed by atoms with Crippen molar-refractivity contribution in [2.24, 2.45) is 5.92 Å². The smallest absolute Gasteiger partial charge is 0.250 e. The number of ketones is 1. The number of ether oxygens (including phenoxy) is 1. The summed E-state index contributed by atoms with van der Waals surface area (Å²) in [5.41, 5.74) is 0.462. The summed E-state index contributed by atoms with van der Waals surface area (Å²) in [6.07, 6.45) is 4.85. The van der Waals surface area contributed by atoms with Crippen LogP contribution in [0.4, 0.5) is 0 Å². The van der Waals surface area contributed by atoms with Crippen molar-refractivity contribution in [1.82, 2.24) is 19.7 Å². The molecule has 0 aliphatic rings. The van der Waals surface area contributed by atoms with Crippen LogP contribution < -0.4 is 4.74 Å². The van der Waals surface area contributed by atoms with E-state index < -0.39 is 0 Å². The van der Waals surface area contributed by atoms with E-state index in [0.717, 1.165) is 0 Å². The number of hydrogen-bond donors (Lipinski definition) is 0. The van der Waals surface area contributed by atoms with Crippen molar-refractivity contribution >= 4 is 5.78 Å². The third kappa shape index (κ3) is 2.78. The van der Waals surface area contributed by atoms with Gasteiger partial charge in [-0.25, -0.2) is 14.6 Å². The molecule has 6 heteroatoms. The second kappa shape index (κ2) is 5.60. The molecule has 2 rings (SSSR count). The Morgan fingerprint density at radius 3 is 2.63 bits per heavy atom. The minimum Gasteiger partial charge on any atom is -0.476 e. The maximum Gasteiger partial charge on any atom is 0.250 e. The Morgan fingerprint density at radius 2 is 2.05 bits per heavy atom. The van der Waals surface area contributed by atoms with Crippen LogP contribution in [0.5, 0.6) is 5.88 Å². The standard InChI is InChI=1S/C13H16N4O2/c1-4-19-12-10(11(18)9(2)3)8-17(16-12)13-14-6-5-7-15-13/h5-9H,4H2,1-3H3. The van der Waals surface area contributed by atoms with Crippen LogP contribution in [0, 0.1) is 5.92 Å². The van der Waals surface area contributed by atoms with Crippen LogP contribution in [0.25, 0.3) is 5.95 Å². The number of hydrogen-bond acceptors (Lipinski definition) is 5. The predicted molar refractivity (Wildman–Crippen MR) is 69.5 cm³/mol. The Morgan fingerprint density at radius 1 is 1.37 bits per heavy atom. The zero-order valence-electron chi connectivity index (χ0n) is 11.2. The topological polar surface area (TPSA) is 69.9 Å². The summed E-state index contributed by atoms with van der Waals surface area (Å²) < 4.78 is 6.86. The Labute approximate surface area is 111 Å². The average Bonchev–Trinajstić information content (AvgIpc) is 2.83. The summed E-state index contributed by atoms with van der Waals surface area (Å²) in [4.78, 5) is 20.3. The molecule has 2 aromatic rings. The van der Waals surface area contributed by atoms with E-state index in [1.54, 1.807) is 24.7 Å². The van der Waals surface area contributed by atoms with E-state index >= 15 is 0 Å². The molecule has 19 heavy (non-hydrogen) atoms. The predicted octanol–water partition coefficient (Wildman–Crippen LogP) is 1.90. The first kappa shape index (κ1) is 13.2. The van der Waals surface area contributed by atoms with Gasteiger partial charge in [0.15, 0.2) is 5.78 Å². The van der Waals surface area contributed by atoms with Gasteiger partial charge in [-0.3, -0.25) is 4.79 Å².